The van der Waals surface area contributed by atoms with E-state index < -0.39 is 0 Å². The molecule has 0 spiro atoms. The van der Waals surface area contributed by atoms with Crippen LogP contribution in [-0.2, 0) is 24.6 Å². The largest absolute Gasteiger partial charge is 0.392 e. The average molecular weight is 717 g/mol. The number of aliphatic hydroxyl groups is 1. The highest BCUT2D eigenvalue weighted by atomic mass is 16.5. The summed E-state index contributed by atoms with van der Waals surface area (Å²) in [5.74, 6) is 0. The van der Waals surface area contributed by atoms with Crippen LogP contribution in [0.1, 0.15) is 27.0 Å². The van der Waals surface area contributed by atoms with E-state index in [0.29, 0.717) is 18.8 Å². The van der Waals surface area contributed by atoms with E-state index in [9.17, 15) is 4.79 Å². The minimum absolute atomic E-state index is 0.106. The first kappa shape index (κ1) is 38.1. The molecule has 0 amide bonds. The van der Waals surface area contributed by atoms with E-state index in [1.807, 2.05) is 97.1 Å². The molecule has 1 N–H and O–H groups in total. The van der Waals surface area contributed by atoms with Crippen molar-refractivity contribution in [2.45, 2.75) is 19.8 Å². The maximum Gasteiger partial charge on any atom is 0.150 e. The van der Waals surface area contributed by atoms with Gasteiger partial charge in [0, 0.05) is 5.56 Å². The van der Waals surface area contributed by atoms with Crippen LogP contribution in [0.15, 0.2) is 218 Å². The normalized spacial score (nSPS) is 10.3. The van der Waals surface area contributed by atoms with E-state index in [1.165, 1.54) is 50.1 Å². The lowest BCUT2D eigenvalue weighted by Crippen LogP contribution is -1.94. The molecule has 0 radical (unpaired) electrons. The minimum Gasteiger partial charge on any atom is -0.392 e. The molecule has 0 aliphatic heterocycles. The zero-order chi connectivity index (χ0) is 37.9. The molecule has 0 saturated heterocycles. The molecular weight excluding hydrogens is 673 g/mol. The summed E-state index contributed by atoms with van der Waals surface area (Å²) in [6.45, 7) is 1.35. The molecule has 270 valence electrons. The van der Waals surface area contributed by atoms with Crippen LogP contribution in [0, 0.1) is 0 Å². The molecule has 8 aromatic rings. The second kappa shape index (κ2) is 20.6. The van der Waals surface area contributed by atoms with Crippen molar-refractivity contribution in [2.75, 3.05) is 0 Å². The molecule has 0 aromatic heterocycles. The Morgan fingerprint density at radius 3 is 0.855 bits per heavy atom. The predicted molar refractivity (Wildman–Crippen MR) is 227 cm³/mol. The van der Waals surface area contributed by atoms with Crippen LogP contribution in [0.5, 0.6) is 0 Å². The molecule has 0 aliphatic carbocycles. The van der Waals surface area contributed by atoms with E-state index in [-0.39, 0.29) is 6.61 Å². The van der Waals surface area contributed by atoms with Crippen LogP contribution in [-0.4, -0.2) is 11.4 Å². The Labute approximate surface area is 324 Å². The highest BCUT2D eigenvalue weighted by molar-refractivity contribution is 5.77. The lowest BCUT2D eigenvalue weighted by Gasteiger charge is -2.07. The van der Waals surface area contributed by atoms with Gasteiger partial charge in [-0.3, -0.25) is 4.79 Å². The number of aldehydes is 1. The zero-order valence-electron chi connectivity index (χ0n) is 30.7. The van der Waals surface area contributed by atoms with Gasteiger partial charge < -0.3 is 9.84 Å². The molecule has 55 heavy (non-hydrogen) atoms. The van der Waals surface area contributed by atoms with E-state index >= 15 is 0 Å². The van der Waals surface area contributed by atoms with Gasteiger partial charge in [-0.25, -0.2) is 0 Å². The molecule has 3 heteroatoms. The monoisotopic (exact) mass is 716 g/mol. The second-order valence-corrected chi connectivity index (χ2v) is 12.9. The molecule has 8 aromatic carbocycles. The Balaban J connectivity index is 0.000000155. The number of benzene rings is 8. The summed E-state index contributed by atoms with van der Waals surface area (Å²) < 4.78 is 5.90. The molecule has 0 fully saturated rings. The molecular formula is C52H44O3. The fraction of sp³-hybridized carbons (Fsp3) is 0.0577. The van der Waals surface area contributed by atoms with Crippen molar-refractivity contribution in [2.24, 2.45) is 0 Å². The van der Waals surface area contributed by atoms with Gasteiger partial charge in [-0.2, -0.15) is 0 Å². The maximum absolute atomic E-state index is 10.5. The molecule has 0 aliphatic rings. The number of rotatable bonds is 10. The van der Waals surface area contributed by atoms with Gasteiger partial charge in [0.25, 0.3) is 0 Å². The molecule has 0 bridgehead atoms. The highest BCUT2D eigenvalue weighted by Gasteiger charge is 2.01. The quantitative estimate of drug-likeness (QED) is 0.143. The molecule has 3 nitrogen and oxygen atoms in total. The third-order valence-corrected chi connectivity index (χ3v) is 9.06. The number of carbonyl (C=O) groups excluding carboxylic acids is 1. The lowest BCUT2D eigenvalue weighted by atomic mass is 10.0. The van der Waals surface area contributed by atoms with Crippen molar-refractivity contribution in [3.8, 4) is 44.5 Å². The summed E-state index contributed by atoms with van der Waals surface area (Å²) in [7, 11) is 0. The third-order valence-electron chi connectivity index (χ3n) is 9.06. The van der Waals surface area contributed by atoms with E-state index in [0.717, 1.165) is 17.4 Å². The summed E-state index contributed by atoms with van der Waals surface area (Å²) in [4.78, 5) is 10.5. The summed E-state index contributed by atoms with van der Waals surface area (Å²) in [5, 5.41) is 8.90. The predicted octanol–water partition coefficient (Wildman–Crippen LogP) is 12.7. The van der Waals surface area contributed by atoms with E-state index in [1.54, 1.807) is 0 Å². The number of carbonyl (C=O) groups is 1. The Morgan fingerprint density at radius 2 is 0.582 bits per heavy atom. The fourth-order valence-corrected chi connectivity index (χ4v) is 5.95. The molecule has 0 heterocycles. The fourth-order valence-electron chi connectivity index (χ4n) is 5.95. The topological polar surface area (TPSA) is 46.5 Å². The van der Waals surface area contributed by atoms with Crippen molar-refractivity contribution in [3.05, 3.63) is 241 Å². The maximum atomic E-state index is 10.5. The zero-order valence-corrected chi connectivity index (χ0v) is 30.7. The smallest absolute Gasteiger partial charge is 0.150 e. The van der Waals surface area contributed by atoms with Crippen LogP contribution in [0.4, 0.5) is 0 Å². The van der Waals surface area contributed by atoms with Crippen molar-refractivity contribution in [1.29, 1.82) is 0 Å². The Morgan fingerprint density at radius 1 is 0.327 bits per heavy atom. The van der Waals surface area contributed by atoms with Gasteiger partial charge in [-0.1, -0.05) is 218 Å². The Hall–Kier alpha value is -6.65. The minimum atomic E-state index is 0.106. The lowest BCUT2D eigenvalue weighted by molar-refractivity contribution is 0.107. The van der Waals surface area contributed by atoms with Crippen LogP contribution in [0.3, 0.4) is 0 Å². The average Bonchev–Trinajstić information content (AvgIpc) is 3.28. The number of aliphatic hydroxyl groups excluding tert-OH is 1. The highest BCUT2D eigenvalue weighted by Crippen LogP contribution is 2.23. The van der Waals surface area contributed by atoms with E-state index in [2.05, 4.69) is 121 Å². The van der Waals surface area contributed by atoms with Crippen molar-refractivity contribution >= 4 is 6.29 Å². The van der Waals surface area contributed by atoms with Crippen LogP contribution >= 0.6 is 0 Å². The summed E-state index contributed by atoms with van der Waals surface area (Å²) >= 11 is 0. The van der Waals surface area contributed by atoms with Gasteiger partial charge in [0.05, 0.1) is 19.8 Å². The Kier molecular flexibility index (Phi) is 14.2. The third kappa shape index (κ3) is 11.7. The molecule has 0 saturated carbocycles. The molecule has 0 atom stereocenters. The molecule has 8 rings (SSSR count). The Bertz CT molecular complexity index is 2190. The van der Waals surface area contributed by atoms with Crippen molar-refractivity contribution in [3.63, 3.8) is 0 Å². The van der Waals surface area contributed by atoms with Gasteiger partial charge in [-0.05, 0) is 61.2 Å². The SMILES string of the molecule is O=Cc1ccc(-c2ccccc2)cc1.OCc1ccc(-c2ccccc2)cc1.c1ccc(-c2ccc(COCc3ccc(-c4ccccc4)cc3)cc2)cc1. The standard InChI is InChI=1S/C26H22O.C13H12O.C13H10O/c1-3-7-23(8-4-1)25-15-11-21(12-16-25)19-27-20-22-13-17-26(18-14-22)24-9-5-2-6-10-24;2*14-10-11-6-8-13(9-7-11)12-4-2-1-3-5-12/h1-18H,19-20H2;1-9,14H,10H2;1-10H. The number of ether oxygens (including phenoxy) is 1. The van der Waals surface area contributed by atoms with E-state index in [4.69, 9.17) is 9.84 Å². The van der Waals surface area contributed by atoms with Crippen molar-refractivity contribution < 1.29 is 14.6 Å². The number of hydrogen-bond donors (Lipinski definition) is 1. The van der Waals surface area contributed by atoms with Gasteiger partial charge in [-0.15, -0.1) is 0 Å². The first-order valence-electron chi connectivity index (χ1n) is 18.4. The summed E-state index contributed by atoms with van der Waals surface area (Å²) in [6, 6.07) is 73.9. The van der Waals surface area contributed by atoms with Crippen molar-refractivity contribution in [1.82, 2.24) is 0 Å². The van der Waals surface area contributed by atoms with Gasteiger partial charge in [0.15, 0.2) is 0 Å². The van der Waals surface area contributed by atoms with Gasteiger partial charge in [0.2, 0.25) is 0 Å². The van der Waals surface area contributed by atoms with Crippen LogP contribution in [0.25, 0.3) is 44.5 Å². The first-order valence-corrected chi connectivity index (χ1v) is 18.4. The number of hydrogen-bond acceptors (Lipinski definition) is 3. The van der Waals surface area contributed by atoms with Gasteiger partial charge in [0.1, 0.15) is 6.29 Å². The first-order chi connectivity index (χ1) is 27.2. The summed E-state index contributed by atoms with van der Waals surface area (Å²) in [6.07, 6.45) is 0.856. The second-order valence-electron chi connectivity index (χ2n) is 12.9. The van der Waals surface area contributed by atoms with Gasteiger partial charge >= 0.3 is 0 Å². The van der Waals surface area contributed by atoms with Crippen LogP contribution in [0.2, 0.25) is 0 Å². The molecule has 0 unspecified atom stereocenters. The summed E-state index contributed by atoms with van der Waals surface area (Å²) in [5.41, 5.74) is 13.7. The van der Waals surface area contributed by atoms with Crippen LogP contribution < -0.4 is 0 Å².